The molecule has 0 unspecified atom stereocenters. The molecule has 20 heavy (non-hydrogen) atoms. The first kappa shape index (κ1) is 13.7. The van der Waals surface area contributed by atoms with Gasteiger partial charge in [-0.3, -0.25) is 4.79 Å². The fourth-order valence-electron chi connectivity index (χ4n) is 1.75. The minimum absolute atomic E-state index is 0.0136. The van der Waals surface area contributed by atoms with Crippen LogP contribution in [0.15, 0.2) is 34.9 Å². The number of furan rings is 1. The van der Waals surface area contributed by atoms with Crippen molar-refractivity contribution in [2.45, 2.75) is 6.92 Å². The first-order valence-corrected chi connectivity index (χ1v) is 5.79. The summed E-state index contributed by atoms with van der Waals surface area (Å²) >= 11 is 0. The number of carboxylic acids is 1. The molecular weight excluding hydrogens is 262 g/mol. The highest BCUT2D eigenvalue weighted by molar-refractivity contribution is 6.08. The Kier molecular flexibility index (Phi) is 3.74. The summed E-state index contributed by atoms with van der Waals surface area (Å²) in [6.07, 6.45) is 1.40. The molecule has 1 amide bonds. The van der Waals surface area contributed by atoms with Crippen LogP contribution in [0.3, 0.4) is 0 Å². The van der Waals surface area contributed by atoms with Crippen molar-refractivity contribution in [1.29, 1.82) is 0 Å². The van der Waals surface area contributed by atoms with Crippen molar-refractivity contribution in [2.75, 3.05) is 12.4 Å². The van der Waals surface area contributed by atoms with Gasteiger partial charge in [0.1, 0.15) is 11.5 Å². The van der Waals surface area contributed by atoms with Gasteiger partial charge in [0.05, 0.1) is 30.2 Å². The molecule has 2 aromatic rings. The third-order valence-electron chi connectivity index (χ3n) is 2.81. The number of methoxy groups -OCH3 is 1. The predicted molar refractivity (Wildman–Crippen MR) is 71.4 cm³/mol. The maximum Gasteiger partial charge on any atom is 0.337 e. The summed E-state index contributed by atoms with van der Waals surface area (Å²) in [6.45, 7) is 1.65. The van der Waals surface area contributed by atoms with Crippen molar-refractivity contribution in [3.8, 4) is 5.75 Å². The van der Waals surface area contributed by atoms with Gasteiger partial charge in [0, 0.05) is 6.07 Å². The van der Waals surface area contributed by atoms with E-state index in [-0.39, 0.29) is 11.3 Å². The average Bonchev–Trinajstić information content (AvgIpc) is 2.84. The number of anilines is 1. The molecule has 0 aliphatic rings. The quantitative estimate of drug-likeness (QED) is 0.895. The molecule has 0 aliphatic carbocycles. The minimum Gasteiger partial charge on any atom is -0.497 e. The lowest BCUT2D eigenvalue weighted by atomic mass is 10.1. The lowest BCUT2D eigenvalue weighted by Crippen LogP contribution is -2.15. The van der Waals surface area contributed by atoms with Crippen molar-refractivity contribution in [3.05, 3.63) is 47.4 Å². The van der Waals surface area contributed by atoms with Crippen LogP contribution in [0.2, 0.25) is 0 Å². The Morgan fingerprint density at radius 2 is 2.00 bits per heavy atom. The third kappa shape index (κ3) is 2.64. The van der Waals surface area contributed by atoms with E-state index in [2.05, 4.69) is 5.32 Å². The van der Waals surface area contributed by atoms with Crippen LogP contribution >= 0.6 is 0 Å². The maximum absolute atomic E-state index is 12.1. The molecular formula is C14H13NO5. The topological polar surface area (TPSA) is 88.8 Å². The van der Waals surface area contributed by atoms with Crippen LogP contribution in [0.1, 0.15) is 26.5 Å². The average molecular weight is 275 g/mol. The van der Waals surface area contributed by atoms with E-state index in [9.17, 15) is 9.59 Å². The van der Waals surface area contributed by atoms with Gasteiger partial charge in [-0.05, 0) is 25.1 Å². The highest BCUT2D eigenvalue weighted by Crippen LogP contribution is 2.23. The van der Waals surface area contributed by atoms with Crippen LogP contribution in [0, 0.1) is 6.92 Å². The fraction of sp³-hybridized carbons (Fsp3) is 0.143. The number of rotatable bonds is 4. The SMILES string of the molecule is COc1ccc(C(=O)O)c(NC(=O)c2ccoc2C)c1. The number of aryl methyl sites for hydroxylation is 1. The van der Waals surface area contributed by atoms with Gasteiger partial charge in [0.25, 0.3) is 5.91 Å². The third-order valence-corrected chi connectivity index (χ3v) is 2.81. The van der Waals surface area contributed by atoms with Crippen molar-refractivity contribution in [3.63, 3.8) is 0 Å². The molecule has 2 N–H and O–H groups in total. The Bertz CT molecular complexity index is 659. The number of benzene rings is 1. The monoisotopic (exact) mass is 275 g/mol. The van der Waals surface area contributed by atoms with Crippen LogP contribution in [-0.4, -0.2) is 24.1 Å². The van der Waals surface area contributed by atoms with Gasteiger partial charge < -0.3 is 19.6 Å². The number of ether oxygens (including phenoxy) is 1. The smallest absolute Gasteiger partial charge is 0.337 e. The molecule has 1 heterocycles. The molecule has 0 saturated carbocycles. The zero-order valence-corrected chi connectivity index (χ0v) is 11.0. The van der Waals surface area contributed by atoms with Crippen molar-refractivity contribution in [2.24, 2.45) is 0 Å². The minimum atomic E-state index is -1.13. The maximum atomic E-state index is 12.1. The van der Waals surface area contributed by atoms with E-state index in [4.69, 9.17) is 14.3 Å². The van der Waals surface area contributed by atoms with E-state index in [1.54, 1.807) is 6.92 Å². The summed E-state index contributed by atoms with van der Waals surface area (Å²) in [6, 6.07) is 5.86. The van der Waals surface area contributed by atoms with Crippen LogP contribution in [0.4, 0.5) is 5.69 Å². The second-order valence-electron chi connectivity index (χ2n) is 4.06. The Morgan fingerprint density at radius 1 is 1.25 bits per heavy atom. The molecule has 0 spiro atoms. The number of carbonyl (C=O) groups excluding carboxylic acids is 1. The number of amides is 1. The van der Waals surface area contributed by atoms with Crippen LogP contribution in [-0.2, 0) is 0 Å². The largest absolute Gasteiger partial charge is 0.497 e. The van der Waals surface area contributed by atoms with E-state index in [0.717, 1.165) is 0 Å². The number of carboxylic acid groups (broad SMARTS) is 1. The molecule has 2 rings (SSSR count). The Balaban J connectivity index is 2.34. The number of aromatic carboxylic acids is 1. The van der Waals surface area contributed by atoms with Gasteiger partial charge >= 0.3 is 5.97 Å². The molecule has 0 aliphatic heterocycles. The van der Waals surface area contributed by atoms with Crippen molar-refractivity contribution >= 4 is 17.6 Å². The van der Waals surface area contributed by atoms with E-state index in [0.29, 0.717) is 17.1 Å². The Morgan fingerprint density at radius 3 is 2.55 bits per heavy atom. The Hall–Kier alpha value is -2.76. The van der Waals surface area contributed by atoms with E-state index >= 15 is 0 Å². The summed E-state index contributed by atoms with van der Waals surface area (Å²) in [5.41, 5.74) is 0.506. The molecule has 6 nitrogen and oxygen atoms in total. The first-order valence-electron chi connectivity index (χ1n) is 5.79. The van der Waals surface area contributed by atoms with Crippen molar-refractivity contribution in [1.82, 2.24) is 0 Å². The molecule has 0 radical (unpaired) electrons. The normalized spacial score (nSPS) is 10.1. The lowest BCUT2D eigenvalue weighted by Gasteiger charge is -2.10. The number of carbonyl (C=O) groups is 2. The molecule has 0 fully saturated rings. The van der Waals surface area contributed by atoms with Gasteiger partial charge in [-0.2, -0.15) is 0 Å². The summed E-state index contributed by atoms with van der Waals surface area (Å²) in [5, 5.41) is 11.7. The van der Waals surface area contributed by atoms with Crippen molar-refractivity contribution < 1.29 is 23.8 Å². The first-order chi connectivity index (χ1) is 9.52. The predicted octanol–water partition coefficient (Wildman–Crippen LogP) is 2.55. The number of hydrogen-bond donors (Lipinski definition) is 2. The molecule has 0 bridgehead atoms. The lowest BCUT2D eigenvalue weighted by molar-refractivity contribution is 0.0698. The van der Waals surface area contributed by atoms with Gasteiger partial charge in [-0.1, -0.05) is 0 Å². The number of hydrogen-bond acceptors (Lipinski definition) is 4. The molecule has 0 saturated heterocycles. The highest BCUT2D eigenvalue weighted by Gasteiger charge is 2.16. The summed E-state index contributed by atoms with van der Waals surface area (Å²) in [5.74, 6) is -0.657. The molecule has 104 valence electrons. The van der Waals surface area contributed by atoms with Crippen LogP contribution in [0.5, 0.6) is 5.75 Å². The molecule has 0 atom stereocenters. The number of nitrogens with one attached hydrogen (secondary N) is 1. The highest BCUT2D eigenvalue weighted by atomic mass is 16.5. The van der Waals surface area contributed by atoms with E-state index in [1.807, 2.05) is 0 Å². The van der Waals surface area contributed by atoms with Gasteiger partial charge in [-0.15, -0.1) is 0 Å². The standard InChI is InChI=1S/C14H13NO5/c1-8-10(5-6-20-8)13(16)15-12-7-9(19-2)3-4-11(12)14(17)18/h3-7H,1-2H3,(H,15,16)(H,17,18). The molecule has 1 aromatic carbocycles. The summed E-state index contributed by atoms with van der Waals surface area (Å²) in [4.78, 5) is 23.2. The summed E-state index contributed by atoms with van der Waals surface area (Å²) < 4.78 is 10.1. The summed E-state index contributed by atoms with van der Waals surface area (Å²) in [7, 11) is 1.46. The molecule has 6 heteroatoms. The fourth-order valence-corrected chi connectivity index (χ4v) is 1.75. The van der Waals surface area contributed by atoms with Crippen LogP contribution < -0.4 is 10.1 Å². The van der Waals surface area contributed by atoms with E-state index in [1.165, 1.54) is 37.6 Å². The zero-order chi connectivity index (χ0) is 14.7. The Labute approximate surface area is 115 Å². The van der Waals surface area contributed by atoms with Gasteiger partial charge in [0.2, 0.25) is 0 Å². The van der Waals surface area contributed by atoms with Gasteiger partial charge in [-0.25, -0.2) is 4.79 Å². The second kappa shape index (κ2) is 5.48. The van der Waals surface area contributed by atoms with Gasteiger partial charge in [0.15, 0.2) is 0 Å². The van der Waals surface area contributed by atoms with E-state index < -0.39 is 11.9 Å². The van der Waals surface area contributed by atoms with Crippen LogP contribution in [0.25, 0.3) is 0 Å². The second-order valence-corrected chi connectivity index (χ2v) is 4.06. The zero-order valence-electron chi connectivity index (χ0n) is 11.0. The molecule has 1 aromatic heterocycles.